The predicted molar refractivity (Wildman–Crippen MR) is 84.3 cm³/mol. The van der Waals surface area contributed by atoms with Gasteiger partial charge in [-0.05, 0) is 25.1 Å². The summed E-state index contributed by atoms with van der Waals surface area (Å²) >= 11 is 0. The van der Waals surface area contributed by atoms with Crippen LogP contribution in [0.4, 0.5) is 5.82 Å². The fourth-order valence-electron chi connectivity index (χ4n) is 2.70. The lowest BCUT2D eigenvalue weighted by atomic mass is 10.2. The van der Waals surface area contributed by atoms with Gasteiger partial charge in [0, 0.05) is 37.9 Å². The maximum absolute atomic E-state index is 12.4. The van der Waals surface area contributed by atoms with Crippen LogP contribution in [0.2, 0.25) is 0 Å². The Morgan fingerprint density at radius 2 is 1.96 bits per heavy atom. The standard InChI is InChI=1S/C16H18N4O3/c1-11-4-10-23-13(11)16(22)20-8-6-19(7-9-20)15-12(14(17)21)3-2-5-18-15/h2-5,10H,6-9H2,1H3,(H2,17,21). The number of aryl methyl sites for hydroxylation is 1. The molecular formula is C16H18N4O3. The van der Waals surface area contributed by atoms with Crippen LogP contribution in [-0.4, -0.2) is 47.9 Å². The van der Waals surface area contributed by atoms with Gasteiger partial charge in [0.2, 0.25) is 0 Å². The van der Waals surface area contributed by atoms with Crippen molar-refractivity contribution in [2.45, 2.75) is 6.92 Å². The second-order valence-corrected chi connectivity index (χ2v) is 5.45. The molecule has 7 nitrogen and oxygen atoms in total. The number of furan rings is 1. The van der Waals surface area contributed by atoms with Crippen molar-refractivity contribution < 1.29 is 14.0 Å². The number of nitrogens with zero attached hydrogens (tertiary/aromatic N) is 3. The molecule has 2 aromatic rings. The average Bonchev–Trinajstić information content (AvgIpc) is 3.00. The first-order valence-electron chi connectivity index (χ1n) is 7.41. The quantitative estimate of drug-likeness (QED) is 0.914. The van der Waals surface area contributed by atoms with E-state index in [2.05, 4.69) is 4.98 Å². The number of piperazine rings is 1. The van der Waals surface area contributed by atoms with Gasteiger partial charge < -0.3 is 20.0 Å². The van der Waals surface area contributed by atoms with E-state index in [0.29, 0.717) is 43.3 Å². The van der Waals surface area contributed by atoms with Gasteiger partial charge in [0.05, 0.1) is 11.8 Å². The lowest BCUT2D eigenvalue weighted by Crippen LogP contribution is -2.49. The molecule has 2 N–H and O–H groups in total. The van der Waals surface area contributed by atoms with Crippen LogP contribution in [0.3, 0.4) is 0 Å². The maximum Gasteiger partial charge on any atom is 0.289 e. The van der Waals surface area contributed by atoms with E-state index in [4.69, 9.17) is 10.2 Å². The number of aromatic nitrogens is 1. The summed E-state index contributed by atoms with van der Waals surface area (Å²) in [5, 5.41) is 0. The van der Waals surface area contributed by atoms with E-state index in [9.17, 15) is 9.59 Å². The van der Waals surface area contributed by atoms with E-state index in [0.717, 1.165) is 5.56 Å². The summed E-state index contributed by atoms with van der Waals surface area (Å²) in [6.07, 6.45) is 3.15. The number of rotatable bonds is 3. The van der Waals surface area contributed by atoms with Crippen LogP contribution < -0.4 is 10.6 Å². The Morgan fingerprint density at radius 3 is 2.57 bits per heavy atom. The minimum absolute atomic E-state index is 0.108. The van der Waals surface area contributed by atoms with Crippen molar-refractivity contribution in [2.75, 3.05) is 31.1 Å². The van der Waals surface area contributed by atoms with Gasteiger partial charge in [-0.2, -0.15) is 0 Å². The summed E-state index contributed by atoms with van der Waals surface area (Å²) in [6.45, 7) is 4.09. The summed E-state index contributed by atoms with van der Waals surface area (Å²) in [7, 11) is 0. The SMILES string of the molecule is Cc1ccoc1C(=O)N1CCN(c2ncccc2C(N)=O)CC1. The first kappa shape index (κ1) is 15.1. The predicted octanol–water partition coefficient (Wildman–Crippen LogP) is 1.04. The van der Waals surface area contributed by atoms with Crippen molar-refractivity contribution in [3.63, 3.8) is 0 Å². The second-order valence-electron chi connectivity index (χ2n) is 5.45. The molecule has 0 unspecified atom stereocenters. The molecule has 0 bridgehead atoms. The summed E-state index contributed by atoms with van der Waals surface area (Å²) in [4.78, 5) is 31.9. The normalized spacial score (nSPS) is 14.8. The molecular weight excluding hydrogens is 296 g/mol. The number of hydrogen-bond donors (Lipinski definition) is 1. The van der Waals surface area contributed by atoms with Crippen LogP contribution in [0.25, 0.3) is 0 Å². The Hall–Kier alpha value is -2.83. The van der Waals surface area contributed by atoms with Gasteiger partial charge in [-0.3, -0.25) is 9.59 Å². The summed E-state index contributed by atoms with van der Waals surface area (Å²) in [5.41, 5.74) is 6.62. The molecule has 1 fully saturated rings. The fraction of sp³-hybridized carbons (Fsp3) is 0.312. The van der Waals surface area contributed by atoms with Gasteiger partial charge in [0.25, 0.3) is 11.8 Å². The minimum Gasteiger partial charge on any atom is -0.459 e. The van der Waals surface area contributed by atoms with Crippen molar-refractivity contribution >= 4 is 17.6 Å². The Balaban J connectivity index is 1.71. The van der Waals surface area contributed by atoms with Crippen LogP contribution in [0.5, 0.6) is 0 Å². The van der Waals surface area contributed by atoms with E-state index in [-0.39, 0.29) is 5.91 Å². The monoisotopic (exact) mass is 314 g/mol. The zero-order chi connectivity index (χ0) is 16.4. The molecule has 2 aromatic heterocycles. The summed E-state index contributed by atoms with van der Waals surface area (Å²) in [6, 6.07) is 5.12. The highest BCUT2D eigenvalue weighted by atomic mass is 16.3. The van der Waals surface area contributed by atoms with Gasteiger partial charge in [-0.1, -0.05) is 0 Å². The number of nitrogens with two attached hydrogens (primary N) is 1. The third-order valence-corrected chi connectivity index (χ3v) is 3.97. The molecule has 0 saturated carbocycles. The molecule has 0 aliphatic carbocycles. The van der Waals surface area contributed by atoms with E-state index < -0.39 is 5.91 Å². The highest BCUT2D eigenvalue weighted by Crippen LogP contribution is 2.20. The van der Waals surface area contributed by atoms with E-state index in [1.54, 1.807) is 29.3 Å². The highest BCUT2D eigenvalue weighted by molar-refractivity contribution is 5.97. The molecule has 0 radical (unpaired) electrons. The van der Waals surface area contributed by atoms with E-state index in [1.165, 1.54) is 6.26 Å². The number of hydrogen-bond acceptors (Lipinski definition) is 5. The van der Waals surface area contributed by atoms with Gasteiger partial charge in [0.15, 0.2) is 5.76 Å². The van der Waals surface area contributed by atoms with Gasteiger partial charge in [0.1, 0.15) is 5.82 Å². The second kappa shape index (κ2) is 6.12. The molecule has 1 aliphatic heterocycles. The van der Waals surface area contributed by atoms with Crippen molar-refractivity contribution in [3.05, 3.63) is 47.5 Å². The van der Waals surface area contributed by atoms with Gasteiger partial charge in [-0.25, -0.2) is 4.98 Å². The van der Waals surface area contributed by atoms with Crippen LogP contribution in [-0.2, 0) is 0 Å². The number of amides is 2. The van der Waals surface area contributed by atoms with E-state index in [1.807, 2.05) is 11.8 Å². The van der Waals surface area contributed by atoms with Crippen LogP contribution >= 0.6 is 0 Å². The van der Waals surface area contributed by atoms with Crippen molar-refractivity contribution in [1.82, 2.24) is 9.88 Å². The lowest BCUT2D eigenvalue weighted by Gasteiger charge is -2.35. The van der Waals surface area contributed by atoms with Crippen LogP contribution in [0, 0.1) is 6.92 Å². The van der Waals surface area contributed by atoms with Crippen LogP contribution in [0.1, 0.15) is 26.5 Å². The van der Waals surface area contributed by atoms with Gasteiger partial charge in [-0.15, -0.1) is 0 Å². The number of anilines is 1. The molecule has 120 valence electrons. The average molecular weight is 314 g/mol. The lowest BCUT2D eigenvalue weighted by molar-refractivity contribution is 0.0713. The zero-order valence-corrected chi connectivity index (χ0v) is 12.9. The Morgan fingerprint density at radius 1 is 1.22 bits per heavy atom. The number of primary amides is 1. The van der Waals surface area contributed by atoms with Crippen molar-refractivity contribution in [3.8, 4) is 0 Å². The molecule has 2 amide bonds. The molecule has 3 rings (SSSR count). The van der Waals surface area contributed by atoms with E-state index >= 15 is 0 Å². The first-order valence-corrected chi connectivity index (χ1v) is 7.41. The van der Waals surface area contributed by atoms with Crippen LogP contribution in [0.15, 0.2) is 35.1 Å². The molecule has 1 saturated heterocycles. The molecule has 0 spiro atoms. The van der Waals surface area contributed by atoms with Gasteiger partial charge >= 0.3 is 0 Å². The highest BCUT2D eigenvalue weighted by Gasteiger charge is 2.27. The smallest absolute Gasteiger partial charge is 0.289 e. The number of pyridine rings is 1. The Labute approximate surface area is 133 Å². The summed E-state index contributed by atoms with van der Waals surface area (Å²) < 4.78 is 5.26. The third-order valence-electron chi connectivity index (χ3n) is 3.97. The molecule has 1 aliphatic rings. The number of carbonyl (C=O) groups excluding carboxylic acids is 2. The molecule has 0 aromatic carbocycles. The fourth-order valence-corrected chi connectivity index (χ4v) is 2.70. The largest absolute Gasteiger partial charge is 0.459 e. The third kappa shape index (κ3) is 2.90. The molecule has 7 heteroatoms. The topological polar surface area (TPSA) is 92.7 Å². The molecule has 0 atom stereocenters. The Bertz CT molecular complexity index is 732. The summed E-state index contributed by atoms with van der Waals surface area (Å²) in [5.74, 6) is 0.344. The zero-order valence-electron chi connectivity index (χ0n) is 12.9. The maximum atomic E-state index is 12.4. The number of carbonyl (C=O) groups is 2. The molecule has 3 heterocycles. The Kier molecular flexibility index (Phi) is 4.01. The molecule has 23 heavy (non-hydrogen) atoms. The van der Waals surface area contributed by atoms with Crippen molar-refractivity contribution in [2.24, 2.45) is 5.73 Å². The first-order chi connectivity index (χ1) is 11.1. The van der Waals surface area contributed by atoms with Crippen molar-refractivity contribution in [1.29, 1.82) is 0 Å². The minimum atomic E-state index is -0.502.